The van der Waals surface area contributed by atoms with Gasteiger partial charge in [0, 0.05) is 0 Å². The van der Waals surface area contributed by atoms with Crippen LogP contribution in [0.1, 0.15) is 6.92 Å². The number of esters is 1. The van der Waals surface area contributed by atoms with Crippen LogP contribution in [0.2, 0.25) is 0 Å². The third-order valence-electron chi connectivity index (χ3n) is 1.99. The highest BCUT2D eigenvalue weighted by molar-refractivity contribution is 7.73. The number of carbonyl (C=O) groups excluding carboxylic acids is 1. The Kier molecular flexibility index (Phi) is 4.06. The number of nitrogens with zero attached hydrogens (tertiary/aromatic N) is 1. The zero-order chi connectivity index (χ0) is 13.0. The van der Waals surface area contributed by atoms with Gasteiger partial charge in [0.05, 0.1) is 4.70 Å². The molecule has 1 aromatic heterocycles. The smallest absolute Gasteiger partial charge is 0.358 e. The largest absolute Gasteiger partial charge is 0.420 e. The number of nitrogens with one attached hydrogen (secondary N) is 1. The van der Waals surface area contributed by atoms with Crippen molar-refractivity contribution in [1.29, 1.82) is 0 Å². The maximum Gasteiger partial charge on any atom is 0.358 e. The molecule has 0 atom stereocenters. The second-order valence-electron chi connectivity index (χ2n) is 3.22. The Morgan fingerprint density at radius 2 is 2.44 bits per heavy atom. The Morgan fingerprint density at radius 3 is 3.22 bits per heavy atom. The van der Waals surface area contributed by atoms with Gasteiger partial charge in [-0.2, -0.15) is 0 Å². The highest BCUT2D eigenvalue weighted by Gasteiger charge is 2.08. The van der Waals surface area contributed by atoms with Gasteiger partial charge in [-0.25, -0.2) is 4.79 Å². The van der Waals surface area contributed by atoms with Crippen molar-refractivity contribution in [3.05, 3.63) is 22.2 Å². The second-order valence-corrected chi connectivity index (χ2v) is 4.94. The molecule has 5 nitrogen and oxygen atoms in total. The molecule has 94 valence electrons. The summed E-state index contributed by atoms with van der Waals surface area (Å²) in [7, 11) is 0. The van der Waals surface area contributed by atoms with E-state index >= 15 is 0 Å². The number of fused-ring (bicyclic) bond motifs is 1. The number of hydrogen-bond donors (Lipinski definition) is 1. The summed E-state index contributed by atoms with van der Waals surface area (Å²) in [6.07, 6.45) is 0.989. The molecule has 0 saturated carbocycles. The zero-order valence-corrected chi connectivity index (χ0v) is 11.1. The fraction of sp³-hybridized carbons (Fsp3) is 0.182. The molecule has 0 fully saturated rings. The molecular weight excluding hydrogens is 272 g/mol. The molecule has 0 aliphatic carbocycles. The van der Waals surface area contributed by atoms with E-state index in [2.05, 4.69) is 15.0 Å². The lowest BCUT2D eigenvalue weighted by molar-refractivity contribution is -0.126. The Morgan fingerprint density at radius 1 is 1.61 bits per heavy atom. The summed E-state index contributed by atoms with van der Waals surface area (Å²) in [5.74, 6) is -0.172. The summed E-state index contributed by atoms with van der Waals surface area (Å²) >= 11 is 6.47. The second kappa shape index (κ2) is 5.74. The van der Waals surface area contributed by atoms with Gasteiger partial charge in [-0.15, -0.1) is 11.3 Å². The van der Waals surface area contributed by atoms with Gasteiger partial charge >= 0.3 is 5.97 Å². The lowest BCUT2D eigenvalue weighted by Crippen LogP contribution is -2.09. The van der Waals surface area contributed by atoms with Crippen LogP contribution in [0.5, 0.6) is 5.75 Å². The van der Waals surface area contributed by atoms with Gasteiger partial charge in [0.25, 0.3) is 0 Å². The fourth-order valence-electron chi connectivity index (χ4n) is 1.32. The normalized spacial score (nSPS) is 10.9. The monoisotopic (exact) mass is 282 g/mol. The highest BCUT2D eigenvalue weighted by atomic mass is 32.1. The number of ether oxygens (including phenoxy) is 1. The summed E-state index contributed by atoms with van der Waals surface area (Å²) in [6, 6.07) is 5.38. The number of oxime groups is 1. The quantitative estimate of drug-likeness (QED) is 0.308. The molecule has 0 saturated heterocycles. The summed E-state index contributed by atoms with van der Waals surface area (Å²) in [6.45, 7) is 2.17. The molecule has 2 aromatic rings. The van der Waals surface area contributed by atoms with Gasteiger partial charge in [0.1, 0.15) is 12.1 Å². The van der Waals surface area contributed by atoms with Crippen LogP contribution in [0.25, 0.3) is 10.2 Å². The molecule has 1 aromatic carbocycles. The number of benzene rings is 1. The molecule has 1 heterocycles. The van der Waals surface area contributed by atoms with Crippen LogP contribution in [0, 0.1) is 3.95 Å². The molecular formula is C11H10N2O3S2. The summed E-state index contributed by atoms with van der Waals surface area (Å²) < 4.78 is 6.72. The number of carbonyl (C=O) groups is 1. The van der Waals surface area contributed by atoms with Gasteiger partial charge in [0.2, 0.25) is 0 Å². The molecule has 18 heavy (non-hydrogen) atoms. The van der Waals surface area contributed by atoms with E-state index in [1.165, 1.54) is 11.3 Å². The van der Waals surface area contributed by atoms with E-state index in [1.807, 2.05) is 6.07 Å². The minimum Gasteiger partial charge on any atom is -0.420 e. The van der Waals surface area contributed by atoms with Crippen molar-refractivity contribution in [2.75, 3.05) is 6.61 Å². The third-order valence-corrected chi connectivity index (χ3v) is 3.19. The number of para-hydroxylation sites is 1. The molecule has 2 rings (SSSR count). The van der Waals surface area contributed by atoms with E-state index in [9.17, 15) is 4.79 Å². The summed E-state index contributed by atoms with van der Waals surface area (Å²) in [5.41, 5.74) is 0.714. The van der Waals surface area contributed by atoms with Gasteiger partial charge in [-0.1, -0.05) is 11.2 Å². The first kappa shape index (κ1) is 12.7. The molecule has 0 aliphatic rings. The Hall–Kier alpha value is -1.73. The van der Waals surface area contributed by atoms with Crippen molar-refractivity contribution >= 4 is 46.0 Å². The SMILES string of the molecule is CCON=CC(=O)Oc1cccc2sc(=S)[nH]c12. The van der Waals surface area contributed by atoms with Gasteiger partial charge in [-0.3, -0.25) is 0 Å². The zero-order valence-electron chi connectivity index (χ0n) is 9.50. The van der Waals surface area contributed by atoms with Crippen LogP contribution in [0.3, 0.4) is 0 Å². The van der Waals surface area contributed by atoms with Crippen LogP contribution in [0.4, 0.5) is 0 Å². The van der Waals surface area contributed by atoms with Gasteiger partial charge < -0.3 is 14.6 Å². The third kappa shape index (κ3) is 2.93. The van der Waals surface area contributed by atoms with Crippen molar-refractivity contribution in [1.82, 2.24) is 4.98 Å². The van der Waals surface area contributed by atoms with Crippen molar-refractivity contribution in [3.63, 3.8) is 0 Å². The van der Waals surface area contributed by atoms with Crippen molar-refractivity contribution in [2.24, 2.45) is 5.16 Å². The predicted octanol–water partition coefficient (Wildman–Crippen LogP) is 2.89. The first-order valence-corrected chi connectivity index (χ1v) is 6.42. The van der Waals surface area contributed by atoms with Crippen molar-refractivity contribution in [2.45, 2.75) is 6.92 Å². The number of thiazole rings is 1. The van der Waals surface area contributed by atoms with E-state index in [-0.39, 0.29) is 0 Å². The van der Waals surface area contributed by atoms with Crippen LogP contribution in [-0.4, -0.2) is 23.8 Å². The fourth-order valence-corrected chi connectivity index (χ4v) is 2.45. The lowest BCUT2D eigenvalue weighted by atomic mass is 10.3. The average Bonchev–Trinajstić information content (AvgIpc) is 2.71. The first-order valence-electron chi connectivity index (χ1n) is 5.19. The number of aromatic amines is 1. The first-order chi connectivity index (χ1) is 8.70. The minimum absolute atomic E-state index is 0.400. The van der Waals surface area contributed by atoms with E-state index in [1.54, 1.807) is 19.1 Å². The van der Waals surface area contributed by atoms with Crippen molar-refractivity contribution < 1.29 is 14.4 Å². The summed E-state index contributed by atoms with van der Waals surface area (Å²) in [5, 5.41) is 3.44. The molecule has 0 unspecified atom stereocenters. The van der Waals surface area contributed by atoms with Crippen LogP contribution < -0.4 is 4.74 Å². The molecule has 7 heteroatoms. The van der Waals surface area contributed by atoms with Gasteiger partial charge in [0.15, 0.2) is 15.9 Å². The van der Waals surface area contributed by atoms with E-state index in [4.69, 9.17) is 17.0 Å². The molecule has 0 bridgehead atoms. The topological polar surface area (TPSA) is 63.7 Å². The van der Waals surface area contributed by atoms with Crippen molar-refractivity contribution in [3.8, 4) is 5.75 Å². The minimum atomic E-state index is -0.596. The lowest BCUT2D eigenvalue weighted by Gasteiger charge is -2.01. The molecule has 0 aliphatic heterocycles. The highest BCUT2D eigenvalue weighted by Crippen LogP contribution is 2.27. The van der Waals surface area contributed by atoms with Gasteiger partial charge in [-0.05, 0) is 31.3 Å². The van der Waals surface area contributed by atoms with Crippen LogP contribution >= 0.6 is 23.6 Å². The van der Waals surface area contributed by atoms with Crippen LogP contribution in [-0.2, 0) is 9.63 Å². The Balaban J connectivity index is 2.21. The maximum atomic E-state index is 11.4. The number of hydrogen-bond acceptors (Lipinski definition) is 6. The molecule has 0 spiro atoms. The average molecular weight is 282 g/mol. The van der Waals surface area contributed by atoms with E-state index in [0.717, 1.165) is 10.9 Å². The Bertz CT molecular complexity index is 645. The molecule has 1 N–H and O–H groups in total. The number of rotatable bonds is 4. The Labute approximate surface area is 112 Å². The van der Waals surface area contributed by atoms with E-state index < -0.39 is 5.97 Å². The predicted molar refractivity (Wildman–Crippen MR) is 72.8 cm³/mol. The molecule has 0 amide bonds. The summed E-state index contributed by atoms with van der Waals surface area (Å²) in [4.78, 5) is 19.1. The standard InChI is InChI=1S/C11H10N2O3S2/c1-2-15-12-6-9(14)16-7-4-3-5-8-10(7)13-11(17)18-8/h3-6H,2H2,1H3,(H,13,17). The number of aromatic nitrogens is 1. The molecule has 0 radical (unpaired) electrons. The number of H-pyrrole nitrogens is 1. The maximum absolute atomic E-state index is 11.4. The van der Waals surface area contributed by atoms with Crippen LogP contribution in [0.15, 0.2) is 23.4 Å². The van der Waals surface area contributed by atoms with E-state index in [0.29, 0.717) is 21.8 Å².